The molecular formula is C18H27N5O3. The number of nitrogens with zero attached hydrogens (tertiary/aromatic N) is 3. The van der Waals surface area contributed by atoms with E-state index in [2.05, 4.69) is 39.2 Å². The van der Waals surface area contributed by atoms with Gasteiger partial charge in [-0.05, 0) is 24.5 Å². The standard InChI is InChI=1S/C18H27N5O3/c1-12(2)10-14(17-22-21-16-6-7-19-8-9-23(16)17)20-18(24)15-5-4-13(26-15)11-25-3/h4-5,12,14,19H,6-11H2,1-3H3,(H,20,24)/t14-/m1/s1. The van der Waals surface area contributed by atoms with Crippen LogP contribution in [0.1, 0.15) is 54.3 Å². The highest BCUT2D eigenvalue weighted by molar-refractivity contribution is 5.91. The molecule has 0 unspecified atom stereocenters. The van der Waals surface area contributed by atoms with Crippen molar-refractivity contribution in [3.63, 3.8) is 0 Å². The third-order valence-electron chi connectivity index (χ3n) is 4.39. The van der Waals surface area contributed by atoms with Gasteiger partial charge < -0.3 is 24.4 Å². The summed E-state index contributed by atoms with van der Waals surface area (Å²) in [5, 5.41) is 15.2. The Morgan fingerprint density at radius 1 is 1.38 bits per heavy atom. The van der Waals surface area contributed by atoms with E-state index in [9.17, 15) is 4.79 Å². The molecule has 1 amide bonds. The van der Waals surface area contributed by atoms with Crippen LogP contribution in [-0.2, 0) is 24.3 Å². The maximum Gasteiger partial charge on any atom is 0.287 e. The SMILES string of the molecule is COCc1ccc(C(=O)N[C@H](CC(C)C)c2nnc3n2CCNCC3)o1. The second-order valence-electron chi connectivity index (χ2n) is 6.98. The Balaban J connectivity index is 1.80. The van der Waals surface area contributed by atoms with Crippen LogP contribution in [0.25, 0.3) is 0 Å². The first-order chi connectivity index (χ1) is 12.6. The van der Waals surface area contributed by atoms with Gasteiger partial charge in [0, 0.05) is 33.2 Å². The number of methoxy groups -OCH3 is 1. The van der Waals surface area contributed by atoms with Crippen LogP contribution in [0.3, 0.4) is 0 Å². The van der Waals surface area contributed by atoms with E-state index in [-0.39, 0.29) is 17.7 Å². The first kappa shape index (κ1) is 18.6. The van der Waals surface area contributed by atoms with Gasteiger partial charge in [0.15, 0.2) is 11.6 Å². The fraction of sp³-hybridized carbons (Fsp3) is 0.611. The molecule has 8 nitrogen and oxygen atoms in total. The molecule has 0 fully saturated rings. The van der Waals surface area contributed by atoms with Gasteiger partial charge in [-0.3, -0.25) is 4.79 Å². The number of carbonyl (C=O) groups excluding carboxylic acids is 1. The molecule has 1 aliphatic rings. The molecule has 2 N–H and O–H groups in total. The van der Waals surface area contributed by atoms with Crippen molar-refractivity contribution in [3.8, 4) is 0 Å². The molecule has 0 saturated heterocycles. The second kappa shape index (κ2) is 8.46. The average Bonchev–Trinajstić information content (AvgIpc) is 3.16. The molecule has 142 valence electrons. The lowest BCUT2D eigenvalue weighted by Crippen LogP contribution is -2.32. The molecule has 0 radical (unpaired) electrons. The van der Waals surface area contributed by atoms with E-state index in [1.54, 1.807) is 19.2 Å². The molecule has 26 heavy (non-hydrogen) atoms. The topological polar surface area (TPSA) is 94.2 Å². The zero-order valence-electron chi connectivity index (χ0n) is 15.6. The number of carbonyl (C=O) groups is 1. The largest absolute Gasteiger partial charge is 0.453 e. The Hall–Kier alpha value is -2.19. The number of rotatable bonds is 7. The van der Waals surface area contributed by atoms with Gasteiger partial charge in [-0.25, -0.2) is 0 Å². The Morgan fingerprint density at radius 2 is 2.23 bits per heavy atom. The van der Waals surface area contributed by atoms with Crippen molar-refractivity contribution in [2.24, 2.45) is 5.92 Å². The predicted molar refractivity (Wildman–Crippen MR) is 95.7 cm³/mol. The van der Waals surface area contributed by atoms with Gasteiger partial charge in [0.1, 0.15) is 18.2 Å². The van der Waals surface area contributed by atoms with Crippen LogP contribution < -0.4 is 10.6 Å². The van der Waals surface area contributed by atoms with Gasteiger partial charge in [0.2, 0.25) is 0 Å². The highest BCUT2D eigenvalue weighted by Gasteiger charge is 2.26. The van der Waals surface area contributed by atoms with Crippen LogP contribution >= 0.6 is 0 Å². The van der Waals surface area contributed by atoms with Crippen molar-refractivity contribution < 1.29 is 13.9 Å². The first-order valence-corrected chi connectivity index (χ1v) is 9.09. The van der Waals surface area contributed by atoms with E-state index in [0.29, 0.717) is 18.3 Å². The number of fused-ring (bicyclic) bond motifs is 1. The minimum Gasteiger partial charge on any atom is -0.453 e. The highest BCUT2D eigenvalue weighted by Crippen LogP contribution is 2.22. The van der Waals surface area contributed by atoms with Crippen molar-refractivity contribution in [1.82, 2.24) is 25.4 Å². The smallest absolute Gasteiger partial charge is 0.287 e. The van der Waals surface area contributed by atoms with Crippen molar-refractivity contribution in [2.75, 3.05) is 20.2 Å². The van der Waals surface area contributed by atoms with Gasteiger partial charge in [-0.1, -0.05) is 13.8 Å². The molecular weight excluding hydrogens is 334 g/mol. The summed E-state index contributed by atoms with van der Waals surface area (Å²) in [5.41, 5.74) is 0. The zero-order chi connectivity index (χ0) is 18.5. The van der Waals surface area contributed by atoms with E-state index < -0.39 is 0 Å². The normalized spacial score (nSPS) is 15.5. The van der Waals surface area contributed by atoms with Crippen LogP contribution in [0.4, 0.5) is 0 Å². The molecule has 0 aromatic carbocycles. The van der Waals surface area contributed by atoms with Crippen LogP contribution in [0, 0.1) is 5.92 Å². The molecule has 2 aromatic heterocycles. The summed E-state index contributed by atoms with van der Waals surface area (Å²) in [7, 11) is 1.59. The molecule has 3 rings (SSSR count). The fourth-order valence-corrected chi connectivity index (χ4v) is 3.20. The number of amides is 1. The molecule has 0 spiro atoms. The fourth-order valence-electron chi connectivity index (χ4n) is 3.20. The third kappa shape index (κ3) is 4.31. The predicted octanol–water partition coefficient (Wildman–Crippen LogP) is 1.68. The Bertz CT molecular complexity index is 737. The van der Waals surface area contributed by atoms with Crippen LogP contribution in [0.15, 0.2) is 16.5 Å². The number of furan rings is 1. The van der Waals surface area contributed by atoms with Crippen LogP contribution in [0.5, 0.6) is 0 Å². The average molecular weight is 361 g/mol. The summed E-state index contributed by atoms with van der Waals surface area (Å²) in [4.78, 5) is 12.7. The summed E-state index contributed by atoms with van der Waals surface area (Å²) in [5.74, 6) is 2.84. The molecule has 2 aromatic rings. The number of hydrogen-bond donors (Lipinski definition) is 2. The second-order valence-corrected chi connectivity index (χ2v) is 6.98. The van der Waals surface area contributed by atoms with E-state index in [1.165, 1.54) is 0 Å². The summed E-state index contributed by atoms with van der Waals surface area (Å²) >= 11 is 0. The van der Waals surface area contributed by atoms with Crippen molar-refractivity contribution in [3.05, 3.63) is 35.3 Å². The molecule has 3 heterocycles. The molecule has 8 heteroatoms. The zero-order valence-corrected chi connectivity index (χ0v) is 15.6. The first-order valence-electron chi connectivity index (χ1n) is 9.09. The third-order valence-corrected chi connectivity index (χ3v) is 4.39. The van der Waals surface area contributed by atoms with Crippen molar-refractivity contribution >= 4 is 5.91 Å². The molecule has 1 atom stereocenters. The van der Waals surface area contributed by atoms with Gasteiger partial charge in [-0.2, -0.15) is 0 Å². The van der Waals surface area contributed by atoms with E-state index in [1.807, 2.05) is 0 Å². The van der Waals surface area contributed by atoms with Crippen molar-refractivity contribution in [1.29, 1.82) is 0 Å². The Kier molecular flexibility index (Phi) is 6.05. The lowest BCUT2D eigenvalue weighted by Gasteiger charge is -2.20. The maximum atomic E-state index is 12.7. The number of nitrogens with one attached hydrogen (secondary N) is 2. The van der Waals surface area contributed by atoms with Gasteiger partial charge in [0.25, 0.3) is 5.91 Å². The van der Waals surface area contributed by atoms with Gasteiger partial charge in [0.05, 0.1) is 6.04 Å². The highest BCUT2D eigenvalue weighted by atomic mass is 16.5. The van der Waals surface area contributed by atoms with E-state index in [4.69, 9.17) is 9.15 Å². The van der Waals surface area contributed by atoms with Crippen LogP contribution in [-0.4, -0.2) is 40.9 Å². The maximum absolute atomic E-state index is 12.7. The molecule has 0 bridgehead atoms. The van der Waals surface area contributed by atoms with Crippen LogP contribution in [0.2, 0.25) is 0 Å². The summed E-state index contributed by atoms with van der Waals surface area (Å²) in [6.07, 6.45) is 1.62. The molecule has 0 saturated carbocycles. The minimum absolute atomic E-state index is 0.210. The summed E-state index contributed by atoms with van der Waals surface area (Å²) < 4.78 is 12.7. The number of hydrogen-bond acceptors (Lipinski definition) is 6. The Labute approximate surface area is 153 Å². The number of aromatic nitrogens is 3. The minimum atomic E-state index is -0.248. The van der Waals surface area contributed by atoms with E-state index >= 15 is 0 Å². The lowest BCUT2D eigenvalue weighted by molar-refractivity contribution is 0.0892. The lowest BCUT2D eigenvalue weighted by atomic mass is 10.0. The number of ether oxygens (including phenoxy) is 1. The quantitative estimate of drug-likeness (QED) is 0.779. The molecule has 1 aliphatic heterocycles. The summed E-state index contributed by atoms with van der Waals surface area (Å²) in [6, 6.07) is 3.22. The summed E-state index contributed by atoms with van der Waals surface area (Å²) in [6.45, 7) is 7.18. The molecule has 0 aliphatic carbocycles. The Morgan fingerprint density at radius 3 is 3.00 bits per heavy atom. The van der Waals surface area contributed by atoms with Gasteiger partial charge >= 0.3 is 0 Å². The van der Waals surface area contributed by atoms with Crippen molar-refractivity contribution in [2.45, 2.75) is 45.9 Å². The monoisotopic (exact) mass is 361 g/mol. The van der Waals surface area contributed by atoms with E-state index in [0.717, 1.165) is 44.1 Å². The van der Waals surface area contributed by atoms with Gasteiger partial charge in [-0.15, -0.1) is 10.2 Å².